The van der Waals surface area contributed by atoms with E-state index in [9.17, 15) is 9.59 Å². The summed E-state index contributed by atoms with van der Waals surface area (Å²) in [5.41, 5.74) is 1.53. The van der Waals surface area contributed by atoms with Crippen molar-refractivity contribution in [2.45, 2.75) is 13.5 Å². The molecule has 0 atom stereocenters. The average molecular weight is 362 g/mol. The number of benzene rings is 2. The van der Waals surface area contributed by atoms with Gasteiger partial charge in [-0.3, -0.25) is 14.2 Å². The molecule has 0 unspecified atom stereocenters. The van der Waals surface area contributed by atoms with E-state index in [2.05, 4.69) is 4.98 Å². The van der Waals surface area contributed by atoms with Crippen LogP contribution in [0, 0.1) is 6.92 Å². The second-order valence-electron chi connectivity index (χ2n) is 6.36. The summed E-state index contributed by atoms with van der Waals surface area (Å²) in [6.07, 6.45) is 0. The largest absolute Gasteiger partial charge is 0.437 e. The van der Waals surface area contributed by atoms with E-state index in [0.29, 0.717) is 23.4 Å². The summed E-state index contributed by atoms with van der Waals surface area (Å²) in [6, 6.07) is 14.5. The summed E-state index contributed by atoms with van der Waals surface area (Å²) in [7, 11) is 1.56. The van der Waals surface area contributed by atoms with Crippen molar-refractivity contribution < 1.29 is 9.15 Å². The molecule has 2 aromatic heterocycles. The first-order chi connectivity index (χ1) is 13.1. The molecule has 2 heterocycles. The Labute approximate surface area is 154 Å². The summed E-state index contributed by atoms with van der Waals surface area (Å²) in [5.74, 6) is 0.447. The zero-order chi connectivity index (χ0) is 19.0. The van der Waals surface area contributed by atoms with Gasteiger partial charge in [0.25, 0.3) is 5.56 Å². The number of aryl methyl sites for hydroxylation is 1. The lowest BCUT2D eigenvalue weighted by molar-refractivity contribution is 0.186. The Morgan fingerprint density at radius 1 is 1.07 bits per heavy atom. The lowest BCUT2D eigenvalue weighted by Gasteiger charge is -2.13. The van der Waals surface area contributed by atoms with E-state index in [1.54, 1.807) is 31.4 Å². The van der Waals surface area contributed by atoms with Gasteiger partial charge in [0.1, 0.15) is 11.4 Å². The maximum Gasteiger partial charge on any atom is 0.269 e. The fourth-order valence-corrected chi connectivity index (χ4v) is 3.10. The van der Waals surface area contributed by atoms with Crippen LogP contribution < -0.4 is 11.0 Å². The molecule has 2 aromatic carbocycles. The van der Waals surface area contributed by atoms with Crippen molar-refractivity contribution in [3.63, 3.8) is 0 Å². The standard InChI is InChI=1S/C21H18N2O4/c1-13-7-9-14(10-8-13)19-22-20-17(21(25)23(19)11-12-26-2)18(24)15-5-3-4-6-16(15)27-20/h3-10H,11-12H2,1-2H3. The highest BCUT2D eigenvalue weighted by Crippen LogP contribution is 2.21. The Kier molecular flexibility index (Phi) is 4.33. The predicted octanol–water partition coefficient (Wildman–Crippen LogP) is 3.12. The number of fused-ring (bicyclic) bond motifs is 2. The fraction of sp³-hybridized carbons (Fsp3) is 0.190. The third kappa shape index (κ3) is 2.94. The Bertz CT molecular complexity index is 1250. The van der Waals surface area contributed by atoms with Gasteiger partial charge < -0.3 is 9.15 Å². The van der Waals surface area contributed by atoms with Gasteiger partial charge >= 0.3 is 0 Å². The van der Waals surface area contributed by atoms with Gasteiger partial charge in [-0.15, -0.1) is 0 Å². The van der Waals surface area contributed by atoms with Crippen LogP contribution in [0.4, 0.5) is 0 Å². The van der Waals surface area contributed by atoms with E-state index in [0.717, 1.165) is 11.1 Å². The van der Waals surface area contributed by atoms with Gasteiger partial charge in [0.15, 0.2) is 5.39 Å². The topological polar surface area (TPSA) is 74.3 Å². The predicted molar refractivity (Wildman–Crippen MR) is 104 cm³/mol. The average Bonchev–Trinajstić information content (AvgIpc) is 2.68. The van der Waals surface area contributed by atoms with Crippen LogP contribution in [0.1, 0.15) is 5.56 Å². The molecular weight excluding hydrogens is 344 g/mol. The molecule has 0 aliphatic rings. The molecule has 0 fully saturated rings. The molecule has 6 nitrogen and oxygen atoms in total. The van der Waals surface area contributed by atoms with Crippen LogP contribution in [-0.4, -0.2) is 23.3 Å². The highest BCUT2D eigenvalue weighted by Gasteiger charge is 2.18. The van der Waals surface area contributed by atoms with Gasteiger partial charge in [-0.2, -0.15) is 4.98 Å². The second kappa shape index (κ2) is 6.81. The van der Waals surface area contributed by atoms with Crippen LogP contribution >= 0.6 is 0 Å². The molecule has 0 saturated heterocycles. The first-order valence-corrected chi connectivity index (χ1v) is 8.62. The van der Waals surface area contributed by atoms with Gasteiger partial charge in [0.2, 0.25) is 11.1 Å². The van der Waals surface area contributed by atoms with Crippen LogP contribution in [0.3, 0.4) is 0 Å². The molecule has 4 rings (SSSR count). The van der Waals surface area contributed by atoms with Crippen LogP contribution in [0.15, 0.2) is 62.5 Å². The van der Waals surface area contributed by atoms with E-state index >= 15 is 0 Å². The smallest absolute Gasteiger partial charge is 0.269 e. The maximum atomic E-state index is 13.2. The third-order valence-corrected chi connectivity index (χ3v) is 4.53. The lowest BCUT2D eigenvalue weighted by atomic mass is 10.1. The molecule has 27 heavy (non-hydrogen) atoms. The molecule has 0 saturated carbocycles. The van der Waals surface area contributed by atoms with E-state index in [-0.39, 0.29) is 23.1 Å². The highest BCUT2D eigenvalue weighted by atomic mass is 16.5. The van der Waals surface area contributed by atoms with Crippen molar-refractivity contribution in [2.24, 2.45) is 0 Å². The van der Waals surface area contributed by atoms with Crippen molar-refractivity contribution in [2.75, 3.05) is 13.7 Å². The van der Waals surface area contributed by atoms with Gasteiger partial charge in [-0.05, 0) is 19.1 Å². The van der Waals surface area contributed by atoms with Gasteiger partial charge in [-0.1, -0.05) is 42.0 Å². The Morgan fingerprint density at radius 3 is 2.56 bits per heavy atom. The number of hydrogen-bond acceptors (Lipinski definition) is 5. The summed E-state index contributed by atoms with van der Waals surface area (Å²) >= 11 is 0. The van der Waals surface area contributed by atoms with Crippen molar-refractivity contribution in [3.05, 3.63) is 74.7 Å². The van der Waals surface area contributed by atoms with E-state index < -0.39 is 5.56 Å². The number of methoxy groups -OCH3 is 1. The molecule has 6 heteroatoms. The fourth-order valence-electron chi connectivity index (χ4n) is 3.10. The Balaban J connectivity index is 2.10. The number of ether oxygens (including phenoxy) is 1. The van der Waals surface area contributed by atoms with Crippen LogP contribution in [0.2, 0.25) is 0 Å². The van der Waals surface area contributed by atoms with Crippen molar-refractivity contribution >= 4 is 22.1 Å². The summed E-state index contributed by atoms with van der Waals surface area (Å²) < 4.78 is 12.4. The number of para-hydroxylation sites is 1. The number of rotatable bonds is 4. The first-order valence-electron chi connectivity index (χ1n) is 8.62. The van der Waals surface area contributed by atoms with Crippen LogP contribution in [0.25, 0.3) is 33.5 Å². The second-order valence-corrected chi connectivity index (χ2v) is 6.36. The Morgan fingerprint density at radius 2 is 1.81 bits per heavy atom. The molecule has 0 amide bonds. The zero-order valence-corrected chi connectivity index (χ0v) is 15.1. The van der Waals surface area contributed by atoms with E-state index in [4.69, 9.17) is 9.15 Å². The van der Waals surface area contributed by atoms with Crippen molar-refractivity contribution in [3.8, 4) is 11.4 Å². The lowest BCUT2D eigenvalue weighted by Crippen LogP contribution is -2.28. The van der Waals surface area contributed by atoms with Gasteiger partial charge in [0.05, 0.1) is 18.5 Å². The number of hydrogen-bond donors (Lipinski definition) is 0. The minimum Gasteiger partial charge on any atom is -0.437 e. The van der Waals surface area contributed by atoms with E-state index in [1.165, 1.54) is 4.57 Å². The molecule has 0 spiro atoms. The number of nitrogens with zero attached hydrogens (tertiary/aromatic N) is 2. The SMILES string of the molecule is COCCn1c(-c2ccc(C)cc2)nc2oc3ccccc3c(=O)c2c1=O. The molecule has 0 N–H and O–H groups in total. The summed E-state index contributed by atoms with van der Waals surface area (Å²) in [5, 5.41) is 0.325. The van der Waals surface area contributed by atoms with Gasteiger partial charge in [0, 0.05) is 12.7 Å². The monoisotopic (exact) mass is 362 g/mol. The molecule has 0 bridgehead atoms. The van der Waals surface area contributed by atoms with Crippen LogP contribution in [-0.2, 0) is 11.3 Å². The first kappa shape index (κ1) is 17.2. The Hall–Kier alpha value is -3.25. The minimum absolute atomic E-state index is 0.0411. The van der Waals surface area contributed by atoms with Crippen molar-refractivity contribution in [1.29, 1.82) is 0 Å². The third-order valence-electron chi connectivity index (χ3n) is 4.53. The molecule has 0 aliphatic heterocycles. The maximum absolute atomic E-state index is 13.2. The van der Waals surface area contributed by atoms with E-state index in [1.807, 2.05) is 31.2 Å². The molecule has 0 aliphatic carbocycles. The molecule has 4 aromatic rings. The van der Waals surface area contributed by atoms with Crippen molar-refractivity contribution in [1.82, 2.24) is 9.55 Å². The summed E-state index contributed by atoms with van der Waals surface area (Å²) in [6.45, 7) is 2.60. The minimum atomic E-state index is -0.424. The molecule has 136 valence electrons. The zero-order valence-electron chi connectivity index (χ0n) is 15.1. The molecule has 0 radical (unpaired) electrons. The molecular formula is C21H18N2O4. The van der Waals surface area contributed by atoms with Crippen LogP contribution in [0.5, 0.6) is 0 Å². The van der Waals surface area contributed by atoms with Gasteiger partial charge in [-0.25, -0.2) is 0 Å². The normalized spacial score (nSPS) is 11.3. The highest BCUT2D eigenvalue weighted by molar-refractivity contribution is 5.88. The quantitative estimate of drug-likeness (QED) is 0.522. The summed E-state index contributed by atoms with van der Waals surface area (Å²) in [4.78, 5) is 30.6. The number of aromatic nitrogens is 2.